The van der Waals surface area contributed by atoms with Crippen LogP contribution in [0.5, 0.6) is 11.5 Å². The number of guanidine groups is 1. The third-order valence-electron chi connectivity index (χ3n) is 3.92. The first-order chi connectivity index (χ1) is 13.2. The average Bonchev–Trinajstić information content (AvgIpc) is 3.10. The van der Waals surface area contributed by atoms with Crippen molar-refractivity contribution in [2.75, 3.05) is 7.05 Å². The third-order valence-corrected chi connectivity index (χ3v) is 3.92. The Hall–Kier alpha value is -3.42. The number of benzene rings is 2. The molecular weight excluding hydrogens is 347 g/mol. The standard InChI is InChI=1S/C19H21FN6O/c1-21-19(23-12-18-24-13-25-26(18)2)22-11-14-7-3-5-9-16(14)27-17-10-6-4-8-15(17)20/h3-10,13H,11-12H2,1-2H3,(H2,21,22,23). The maximum atomic E-state index is 13.9. The molecule has 3 rings (SSSR count). The lowest BCUT2D eigenvalue weighted by Crippen LogP contribution is -2.37. The van der Waals surface area contributed by atoms with Gasteiger partial charge in [-0.15, -0.1) is 0 Å². The first-order valence-electron chi connectivity index (χ1n) is 8.45. The van der Waals surface area contributed by atoms with E-state index in [9.17, 15) is 4.39 Å². The molecular formula is C19H21FN6O. The van der Waals surface area contributed by atoms with E-state index in [-0.39, 0.29) is 5.75 Å². The maximum Gasteiger partial charge on any atom is 0.191 e. The van der Waals surface area contributed by atoms with Gasteiger partial charge < -0.3 is 15.4 Å². The summed E-state index contributed by atoms with van der Waals surface area (Å²) in [5.41, 5.74) is 0.877. The van der Waals surface area contributed by atoms with Gasteiger partial charge in [0.1, 0.15) is 17.9 Å². The minimum Gasteiger partial charge on any atom is -0.454 e. The van der Waals surface area contributed by atoms with Crippen molar-refractivity contribution < 1.29 is 9.13 Å². The summed E-state index contributed by atoms with van der Waals surface area (Å²) >= 11 is 0. The quantitative estimate of drug-likeness (QED) is 0.517. The lowest BCUT2D eigenvalue weighted by Gasteiger charge is -2.14. The van der Waals surface area contributed by atoms with Crippen LogP contribution >= 0.6 is 0 Å². The molecule has 140 valence electrons. The van der Waals surface area contributed by atoms with Gasteiger partial charge in [-0.3, -0.25) is 9.67 Å². The normalized spacial score (nSPS) is 11.3. The second-order valence-electron chi connectivity index (χ2n) is 5.72. The number of hydrogen-bond donors (Lipinski definition) is 2. The highest BCUT2D eigenvalue weighted by atomic mass is 19.1. The van der Waals surface area contributed by atoms with Crippen molar-refractivity contribution in [2.45, 2.75) is 13.1 Å². The first-order valence-corrected chi connectivity index (χ1v) is 8.45. The van der Waals surface area contributed by atoms with Crippen LogP contribution in [0, 0.1) is 5.82 Å². The van der Waals surface area contributed by atoms with Gasteiger partial charge in [-0.05, 0) is 18.2 Å². The number of hydrogen-bond acceptors (Lipinski definition) is 4. The fourth-order valence-corrected chi connectivity index (χ4v) is 2.44. The van der Waals surface area contributed by atoms with Gasteiger partial charge in [0.25, 0.3) is 0 Å². The van der Waals surface area contributed by atoms with Gasteiger partial charge >= 0.3 is 0 Å². The molecule has 0 saturated carbocycles. The van der Waals surface area contributed by atoms with Gasteiger partial charge in [0.05, 0.1) is 6.54 Å². The number of aromatic nitrogens is 3. The van der Waals surface area contributed by atoms with Gasteiger partial charge in [-0.2, -0.15) is 5.10 Å². The fraction of sp³-hybridized carbons (Fsp3) is 0.211. The molecule has 7 nitrogen and oxygen atoms in total. The van der Waals surface area contributed by atoms with Crippen LogP contribution in [0.1, 0.15) is 11.4 Å². The smallest absolute Gasteiger partial charge is 0.191 e. The van der Waals surface area contributed by atoms with Crippen LogP contribution in [0.3, 0.4) is 0 Å². The molecule has 0 aliphatic carbocycles. The van der Waals surface area contributed by atoms with Crippen molar-refractivity contribution in [1.29, 1.82) is 0 Å². The van der Waals surface area contributed by atoms with Crippen molar-refractivity contribution in [3.05, 3.63) is 72.1 Å². The number of aliphatic imine (C=N–C) groups is 1. The number of ether oxygens (including phenoxy) is 1. The summed E-state index contributed by atoms with van der Waals surface area (Å²) in [6.07, 6.45) is 1.50. The Morgan fingerprint density at radius 2 is 1.78 bits per heavy atom. The van der Waals surface area contributed by atoms with E-state index < -0.39 is 5.82 Å². The number of para-hydroxylation sites is 2. The molecule has 3 aromatic rings. The van der Waals surface area contributed by atoms with Crippen molar-refractivity contribution in [1.82, 2.24) is 25.4 Å². The Balaban J connectivity index is 1.63. The average molecular weight is 368 g/mol. The van der Waals surface area contributed by atoms with E-state index >= 15 is 0 Å². The third kappa shape index (κ3) is 4.81. The van der Waals surface area contributed by atoms with Crippen LogP contribution in [-0.2, 0) is 20.1 Å². The predicted octanol–water partition coefficient (Wildman–Crippen LogP) is 2.61. The van der Waals surface area contributed by atoms with E-state index in [1.54, 1.807) is 36.0 Å². The summed E-state index contributed by atoms with van der Waals surface area (Å²) < 4.78 is 21.3. The van der Waals surface area contributed by atoms with Crippen molar-refractivity contribution in [2.24, 2.45) is 12.0 Å². The van der Waals surface area contributed by atoms with Crippen LogP contribution in [0.2, 0.25) is 0 Å². The molecule has 1 heterocycles. The molecule has 0 unspecified atom stereocenters. The molecule has 0 fully saturated rings. The van der Waals surface area contributed by atoms with Gasteiger partial charge in [-0.25, -0.2) is 9.37 Å². The highest BCUT2D eigenvalue weighted by Crippen LogP contribution is 2.27. The van der Waals surface area contributed by atoms with Gasteiger partial charge in [0.15, 0.2) is 17.5 Å². The molecule has 2 aromatic carbocycles. The molecule has 0 saturated heterocycles. The van der Waals surface area contributed by atoms with E-state index in [1.807, 2.05) is 25.2 Å². The zero-order valence-electron chi connectivity index (χ0n) is 15.2. The van der Waals surface area contributed by atoms with Gasteiger partial charge in [0, 0.05) is 26.2 Å². The van der Waals surface area contributed by atoms with E-state index in [0.29, 0.717) is 24.8 Å². The molecule has 0 spiro atoms. The topological polar surface area (TPSA) is 76.4 Å². The Labute approximate surface area is 156 Å². The molecule has 0 aliphatic heterocycles. The minimum absolute atomic E-state index is 0.190. The largest absolute Gasteiger partial charge is 0.454 e. The summed E-state index contributed by atoms with van der Waals surface area (Å²) in [5.74, 6) is 1.77. The van der Waals surface area contributed by atoms with Crippen LogP contribution in [-0.4, -0.2) is 27.8 Å². The first kappa shape index (κ1) is 18.4. The molecule has 0 amide bonds. The van der Waals surface area contributed by atoms with E-state index in [1.165, 1.54) is 12.4 Å². The summed E-state index contributed by atoms with van der Waals surface area (Å²) in [5, 5.41) is 10.4. The predicted molar refractivity (Wildman–Crippen MR) is 101 cm³/mol. The molecule has 8 heteroatoms. The zero-order chi connectivity index (χ0) is 19.1. The Morgan fingerprint density at radius 1 is 1.07 bits per heavy atom. The van der Waals surface area contributed by atoms with Crippen LogP contribution < -0.4 is 15.4 Å². The lowest BCUT2D eigenvalue weighted by atomic mass is 10.2. The monoisotopic (exact) mass is 368 g/mol. The Kier molecular flexibility index (Phi) is 5.98. The number of nitrogens with zero attached hydrogens (tertiary/aromatic N) is 4. The summed E-state index contributed by atoms with van der Waals surface area (Å²) in [4.78, 5) is 8.36. The second-order valence-corrected chi connectivity index (χ2v) is 5.72. The minimum atomic E-state index is -0.401. The molecule has 1 aromatic heterocycles. The van der Waals surface area contributed by atoms with Crippen LogP contribution in [0.4, 0.5) is 4.39 Å². The molecule has 2 N–H and O–H groups in total. The van der Waals surface area contributed by atoms with Gasteiger partial charge in [-0.1, -0.05) is 30.3 Å². The number of halogens is 1. The number of aryl methyl sites for hydroxylation is 1. The lowest BCUT2D eigenvalue weighted by molar-refractivity contribution is 0.437. The molecule has 0 radical (unpaired) electrons. The molecule has 0 bridgehead atoms. The van der Waals surface area contributed by atoms with E-state index in [0.717, 1.165) is 11.4 Å². The highest BCUT2D eigenvalue weighted by molar-refractivity contribution is 5.79. The molecule has 0 aliphatic rings. The highest BCUT2D eigenvalue weighted by Gasteiger charge is 2.09. The van der Waals surface area contributed by atoms with Gasteiger partial charge in [0.2, 0.25) is 0 Å². The molecule has 27 heavy (non-hydrogen) atoms. The summed E-state index contributed by atoms with van der Waals surface area (Å²) in [6, 6.07) is 13.8. The van der Waals surface area contributed by atoms with Crippen LogP contribution in [0.15, 0.2) is 59.9 Å². The Bertz CT molecular complexity index is 924. The second kappa shape index (κ2) is 8.79. The fourth-order valence-electron chi connectivity index (χ4n) is 2.44. The van der Waals surface area contributed by atoms with Crippen molar-refractivity contribution in [3.8, 4) is 11.5 Å². The van der Waals surface area contributed by atoms with E-state index in [4.69, 9.17) is 4.74 Å². The zero-order valence-corrected chi connectivity index (χ0v) is 15.2. The summed E-state index contributed by atoms with van der Waals surface area (Å²) in [7, 11) is 3.52. The SMILES string of the molecule is CN=C(NCc1ccccc1Oc1ccccc1F)NCc1ncnn1C. The number of rotatable bonds is 6. The number of nitrogens with one attached hydrogen (secondary N) is 2. The summed E-state index contributed by atoms with van der Waals surface area (Å²) in [6.45, 7) is 0.951. The van der Waals surface area contributed by atoms with Crippen molar-refractivity contribution in [3.63, 3.8) is 0 Å². The van der Waals surface area contributed by atoms with Crippen LogP contribution in [0.25, 0.3) is 0 Å². The van der Waals surface area contributed by atoms with Crippen molar-refractivity contribution >= 4 is 5.96 Å². The van der Waals surface area contributed by atoms with E-state index in [2.05, 4.69) is 25.7 Å². The molecule has 0 atom stereocenters. The Morgan fingerprint density at radius 3 is 2.48 bits per heavy atom. The maximum absolute atomic E-state index is 13.9.